The first kappa shape index (κ1) is 20.9. The highest BCUT2D eigenvalue weighted by Gasteiger charge is 2.43. The summed E-state index contributed by atoms with van der Waals surface area (Å²) in [6.45, 7) is 2.67. The number of benzene rings is 1. The minimum atomic E-state index is -0.0322. The highest BCUT2D eigenvalue weighted by molar-refractivity contribution is 8.00. The first-order valence-electron chi connectivity index (χ1n) is 11.5. The van der Waals surface area contributed by atoms with Crippen LogP contribution in [0.2, 0.25) is 0 Å². The number of ether oxygens (including phenoxy) is 2. The lowest BCUT2D eigenvalue weighted by atomic mass is 9.89. The summed E-state index contributed by atoms with van der Waals surface area (Å²) in [6.07, 6.45) is 13.1. The predicted octanol–water partition coefficient (Wildman–Crippen LogP) is 5.79. The maximum absolute atomic E-state index is 12.7. The van der Waals surface area contributed by atoms with E-state index >= 15 is 0 Å². The summed E-state index contributed by atoms with van der Waals surface area (Å²) in [4.78, 5) is 12.7. The lowest BCUT2D eigenvalue weighted by Crippen LogP contribution is -2.39. The number of amides is 1. The summed E-state index contributed by atoms with van der Waals surface area (Å²) in [5.41, 5.74) is 1.16. The van der Waals surface area contributed by atoms with Gasteiger partial charge in [0, 0.05) is 23.3 Å². The molecule has 1 amide bonds. The van der Waals surface area contributed by atoms with E-state index in [2.05, 4.69) is 17.4 Å². The molecule has 1 aromatic rings. The van der Waals surface area contributed by atoms with Gasteiger partial charge in [0.2, 0.25) is 5.91 Å². The zero-order chi connectivity index (χ0) is 20.1. The number of fused-ring (bicyclic) bond motifs is 1. The molecule has 0 radical (unpaired) electrons. The van der Waals surface area contributed by atoms with Crippen LogP contribution in [0.15, 0.2) is 18.2 Å². The molecule has 1 heterocycles. The molecule has 1 unspecified atom stereocenters. The van der Waals surface area contributed by atoms with E-state index in [0.717, 1.165) is 43.6 Å². The Kier molecular flexibility index (Phi) is 6.94. The zero-order valence-corrected chi connectivity index (χ0v) is 18.5. The first-order chi connectivity index (χ1) is 14.2. The summed E-state index contributed by atoms with van der Waals surface area (Å²) < 4.78 is 12.2. The topological polar surface area (TPSA) is 47.6 Å². The Morgan fingerprint density at radius 1 is 1.17 bits per heavy atom. The summed E-state index contributed by atoms with van der Waals surface area (Å²) in [5.74, 6) is 2.60. The van der Waals surface area contributed by atoms with Gasteiger partial charge in [0.25, 0.3) is 0 Å². The van der Waals surface area contributed by atoms with Gasteiger partial charge in [-0.25, -0.2) is 0 Å². The van der Waals surface area contributed by atoms with Crippen molar-refractivity contribution in [1.29, 1.82) is 0 Å². The molecule has 1 spiro atoms. The highest BCUT2D eigenvalue weighted by atomic mass is 32.2. The van der Waals surface area contributed by atoms with Crippen LogP contribution in [0.5, 0.6) is 11.5 Å². The summed E-state index contributed by atoms with van der Waals surface area (Å²) >= 11 is 1.78. The number of thioether (sulfide) groups is 1. The van der Waals surface area contributed by atoms with Crippen LogP contribution in [0.1, 0.15) is 88.4 Å². The van der Waals surface area contributed by atoms with E-state index in [0.29, 0.717) is 18.4 Å². The van der Waals surface area contributed by atoms with E-state index in [1.54, 1.807) is 11.8 Å². The molecule has 160 valence electrons. The molecule has 5 heteroatoms. The van der Waals surface area contributed by atoms with Crippen molar-refractivity contribution in [3.05, 3.63) is 23.8 Å². The fraction of sp³-hybridized carbons (Fsp3) is 0.708. The van der Waals surface area contributed by atoms with Gasteiger partial charge in [-0.1, -0.05) is 25.7 Å². The second-order valence-corrected chi connectivity index (χ2v) is 10.1. The average Bonchev–Trinajstić information content (AvgIpc) is 3.00. The SMILES string of the molecule is CCOc1ccc2c(c1)C(SCC(=O)NC1CCCCCC1)CC1(CCCC1)O2. The lowest BCUT2D eigenvalue weighted by molar-refractivity contribution is -0.119. The Hall–Kier alpha value is -1.36. The second-order valence-electron chi connectivity index (χ2n) is 8.88. The summed E-state index contributed by atoms with van der Waals surface area (Å²) in [6, 6.07) is 6.58. The number of carbonyl (C=O) groups is 1. The average molecular weight is 418 g/mol. The van der Waals surface area contributed by atoms with Gasteiger partial charge in [0.1, 0.15) is 17.1 Å². The van der Waals surface area contributed by atoms with E-state index in [9.17, 15) is 4.79 Å². The van der Waals surface area contributed by atoms with E-state index in [4.69, 9.17) is 9.47 Å². The normalized spacial score (nSPS) is 23.8. The van der Waals surface area contributed by atoms with Gasteiger partial charge in [-0.15, -0.1) is 11.8 Å². The van der Waals surface area contributed by atoms with Crippen LogP contribution in [0.25, 0.3) is 0 Å². The van der Waals surface area contributed by atoms with Crippen LogP contribution in [0.3, 0.4) is 0 Å². The molecule has 2 saturated carbocycles. The molecular formula is C24H35NO3S. The quantitative estimate of drug-likeness (QED) is 0.595. The standard InChI is InChI=1S/C24H35NO3S/c1-2-27-19-11-12-21-20(15-19)22(16-24(28-21)13-7-8-14-24)29-17-23(26)25-18-9-5-3-4-6-10-18/h11-12,15,18,22H,2-10,13-14,16-17H2,1H3,(H,25,26). The minimum absolute atomic E-state index is 0.0322. The van der Waals surface area contributed by atoms with Crippen molar-refractivity contribution >= 4 is 17.7 Å². The smallest absolute Gasteiger partial charge is 0.230 e. The molecule has 1 N–H and O–H groups in total. The van der Waals surface area contributed by atoms with Gasteiger partial charge in [-0.05, 0) is 63.6 Å². The van der Waals surface area contributed by atoms with Gasteiger partial charge in [-0.3, -0.25) is 4.79 Å². The zero-order valence-electron chi connectivity index (χ0n) is 17.7. The van der Waals surface area contributed by atoms with Crippen molar-refractivity contribution in [3.63, 3.8) is 0 Å². The number of hydrogen-bond acceptors (Lipinski definition) is 4. The van der Waals surface area contributed by atoms with Gasteiger partial charge >= 0.3 is 0 Å². The predicted molar refractivity (Wildman–Crippen MR) is 119 cm³/mol. The van der Waals surface area contributed by atoms with E-state index in [-0.39, 0.29) is 16.8 Å². The van der Waals surface area contributed by atoms with Gasteiger partial charge in [0.05, 0.1) is 12.4 Å². The molecule has 0 aromatic heterocycles. The van der Waals surface area contributed by atoms with Crippen molar-refractivity contribution in [2.45, 2.75) is 94.4 Å². The fourth-order valence-electron chi connectivity index (χ4n) is 5.19. The third-order valence-electron chi connectivity index (χ3n) is 6.67. The summed E-state index contributed by atoms with van der Waals surface area (Å²) in [5, 5.41) is 3.59. The Morgan fingerprint density at radius 3 is 2.66 bits per heavy atom. The molecule has 1 aliphatic heterocycles. The monoisotopic (exact) mass is 417 g/mol. The number of nitrogens with one attached hydrogen (secondary N) is 1. The number of carbonyl (C=O) groups excluding carboxylic acids is 1. The lowest BCUT2D eigenvalue weighted by Gasteiger charge is -2.40. The molecule has 0 saturated heterocycles. The van der Waals surface area contributed by atoms with E-state index < -0.39 is 0 Å². The molecule has 2 aliphatic carbocycles. The number of rotatable bonds is 6. The van der Waals surface area contributed by atoms with E-state index in [1.807, 2.05) is 13.0 Å². The van der Waals surface area contributed by atoms with Crippen LogP contribution in [0.4, 0.5) is 0 Å². The molecule has 1 atom stereocenters. The second kappa shape index (κ2) is 9.63. The molecule has 4 rings (SSSR count). The fourth-order valence-corrected chi connectivity index (χ4v) is 6.42. The molecule has 1 aromatic carbocycles. The summed E-state index contributed by atoms with van der Waals surface area (Å²) in [7, 11) is 0. The third-order valence-corrected chi connectivity index (χ3v) is 7.93. The van der Waals surface area contributed by atoms with E-state index in [1.165, 1.54) is 44.1 Å². The highest BCUT2D eigenvalue weighted by Crippen LogP contribution is 2.52. The third kappa shape index (κ3) is 5.22. The molecule has 3 aliphatic rings. The van der Waals surface area contributed by atoms with Crippen LogP contribution in [0, 0.1) is 0 Å². The first-order valence-corrected chi connectivity index (χ1v) is 12.6. The Bertz CT molecular complexity index is 693. The van der Waals surface area contributed by atoms with Gasteiger partial charge in [-0.2, -0.15) is 0 Å². The number of hydrogen-bond donors (Lipinski definition) is 1. The Balaban J connectivity index is 1.43. The molecule has 2 fully saturated rings. The van der Waals surface area contributed by atoms with Crippen molar-refractivity contribution in [2.24, 2.45) is 0 Å². The Labute approximate surface area is 179 Å². The van der Waals surface area contributed by atoms with Gasteiger partial charge in [0.15, 0.2) is 0 Å². The Morgan fingerprint density at radius 2 is 1.93 bits per heavy atom. The van der Waals surface area contributed by atoms with Crippen molar-refractivity contribution < 1.29 is 14.3 Å². The van der Waals surface area contributed by atoms with Crippen LogP contribution >= 0.6 is 11.8 Å². The molecule has 0 bridgehead atoms. The minimum Gasteiger partial charge on any atom is -0.494 e. The van der Waals surface area contributed by atoms with Gasteiger partial charge < -0.3 is 14.8 Å². The van der Waals surface area contributed by atoms with Crippen molar-refractivity contribution in [2.75, 3.05) is 12.4 Å². The van der Waals surface area contributed by atoms with Crippen LogP contribution in [-0.2, 0) is 4.79 Å². The maximum Gasteiger partial charge on any atom is 0.230 e. The largest absolute Gasteiger partial charge is 0.494 e. The van der Waals surface area contributed by atoms with Crippen molar-refractivity contribution in [3.8, 4) is 11.5 Å². The van der Waals surface area contributed by atoms with Crippen LogP contribution < -0.4 is 14.8 Å². The molecule has 29 heavy (non-hydrogen) atoms. The van der Waals surface area contributed by atoms with Crippen LogP contribution in [-0.4, -0.2) is 29.9 Å². The molecule has 4 nitrogen and oxygen atoms in total. The maximum atomic E-state index is 12.7. The van der Waals surface area contributed by atoms with Crippen molar-refractivity contribution in [1.82, 2.24) is 5.32 Å². The molecular weight excluding hydrogens is 382 g/mol.